The van der Waals surface area contributed by atoms with Crippen molar-refractivity contribution in [1.29, 1.82) is 0 Å². The van der Waals surface area contributed by atoms with Crippen LogP contribution in [0.15, 0.2) is 24.4 Å². The first-order valence-corrected chi connectivity index (χ1v) is 7.55. The van der Waals surface area contributed by atoms with E-state index in [1.165, 1.54) is 0 Å². The highest BCUT2D eigenvalue weighted by atomic mass is 16.5. The monoisotopic (exact) mass is 289 g/mol. The number of anilines is 1. The van der Waals surface area contributed by atoms with E-state index in [0.717, 1.165) is 50.7 Å². The Morgan fingerprint density at radius 2 is 2.05 bits per heavy atom. The van der Waals surface area contributed by atoms with E-state index in [4.69, 9.17) is 4.74 Å². The van der Waals surface area contributed by atoms with E-state index in [9.17, 15) is 0 Å². The van der Waals surface area contributed by atoms with Crippen LogP contribution < -0.4 is 4.90 Å². The number of fused-ring (bicyclic) bond motifs is 1. The maximum Gasteiger partial charge on any atom is 0.231 e. The summed E-state index contributed by atoms with van der Waals surface area (Å²) in [6.07, 6.45) is 4.50. The lowest BCUT2D eigenvalue weighted by atomic mass is 10.1. The van der Waals surface area contributed by atoms with Crippen LogP contribution in [-0.2, 0) is 4.74 Å². The van der Waals surface area contributed by atoms with Crippen LogP contribution in [0.5, 0.6) is 0 Å². The molecule has 3 heterocycles. The summed E-state index contributed by atoms with van der Waals surface area (Å²) in [5.74, 6) is 0.942. The van der Waals surface area contributed by atoms with Crippen LogP contribution in [0.25, 0.3) is 5.65 Å². The van der Waals surface area contributed by atoms with E-state index in [1.807, 2.05) is 28.8 Å². The van der Waals surface area contributed by atoms with Gasteiger partial charge in [0.25, 0.3) is 0 Å². The SMILES string of the molecule is CN(C)CCOC1CCN(c2nnc3ccccn23)CC1. The van der Waals surface area contributed by atoms with Gasteiger partial charge >= 0.3 is 0 Å². The van der Waals surface area contributed by atoms with Crippen molar-refractivity contribution in [2.75, 3.05) is 45.2 Å². The van der Waals surface area contributed by atoms with Crippen LogP contribution >= 0.6 is 0 Å². The lowest BCUT2D eigenvalue weighted by molar-refractivity contribution is 0.0292. The highest BCUT2D eigenvalue weighted by Gasteiger charge is 2.22. The Morgan fingerprint density at radius 3 is 2.81 bits per heavy atom. The molecule has 2 aromatic heterocycles. The third kappa shape index (κ3) is 3.33. The number of ether oxygens (including phenoxy) is 1. The van der Waals surface area contributed by atoms with Gasteiger partial charge < -0.3 is 14.5 Å². The number of aromatic nitrogens is 3. The van der Waals surface area contributed by atoms with Gasteiger partial charge in [-0.2, -0.15) is 0 Å². The number of piperidine rings is 1. The normalized spacial score (nSPS) is 17.0. The molecule has 0 atom stereocenters. The van der Waals surface area contributed by atoms with Gasteiger partial charge in [0.2, 0.25) is 5.95 Å². The van der Waals surface area contributed by atoms with Crippen molar-refractivity contribution in [3.63, 3.8) is 0 Å². The Bertz CT molecular complexity index is 574. The summed E-state index contributed by atoms with van der Waals surface area (Å²) in [7, 11) is 4.14. The molecule has 0 bridgehead atoms. The Morgan fingerprint density at radius 1 is 1.24 bits per heavy atom. The van der Waals surface area contributed by atoms with E-state index in [2.05, 4.69) is 34.1 Å². The van der Waals surface area contributed by atoms with Crippen LogP contribution in [0, 0.1) is 0 Å². The number of pyridine rings is 1. The maximum atomic E-state index is 5.94. The zero-order valence-corrected chi connectivity index (χ0v) is 12.8. The Hall–Kier alpha value is -1.66. The van der Waals surface area contributed by atoms with Gasteiger partial charge in [-0.1, -0.05) is 6.07 Å². The number of hydrogen-bond acceptors (Lipinski definition) is 5. The fourth-order valence-corrected chi connectivity index (χ4v) is 2.67. The molecule has 21 heavy (non-hydrogen) atoms. The van der Waals surface area contributed by atoms with Crippen LogP contribution in [-0.4, -0.2) is 65.9 Å². The van der Waals surface area contributed by atoms with E-state index >= 15 is 0 Å². The average Bonchev–Trinajstić information content (AvgIpc) is 2.92. The van der Waals surface area contributed by atoms with Gasteiger partial charge in [-0.15, -0.1) is 10.2 Å². The minimum atomic E-state index is 0.375. The highest BCUT2D eigenvalue weighted by Crippen LogP contribution is 2.20. The molecule has 1 aliphatic heterocycles. The average molecular weight is 289 g/mol. The van der Waals surface area contributed by atoms with Gasteiger partial charge in [0, 0.05) is 25.8 Å². The minimum absolute atomic E-state index is 0.375. The first-order valence-electron chi connectivity index (χ1n) is 7.55. The van der Waals surface area contributed by atoms with Crippen molar-refractivity contribution >= 4 is 11.6 Å². The fourth-order valence-electron chi connectivity index (χ4n) is 2.67. The van der Waals surface area contributed by atoms with Crippen molar-refractivity contribution < 1.29 is 4.74 Å². The summed E-state index contributed by atoms with van der Waals surface area (Å²) >= 11 is 0. The first-order chi connectivity index (χ1) is 10.2. The zero-order valence-electron chi connectivity index (χ0n) is 12.8. The quantitative estimate of drug-likeness (QED) is 0.829. The second kappa shape index (κ2) is 6.41. The molecule has 0 unspecified atom stereocenters. The Labute approximate surface area is 125 Å². The van der Waals surface area contributed by atoms with Crippen molar-refractivity contribution in [2.45, 2.75) is 18.9 Å². The van der Waals surface area contributed by atoms with Crippen LogP contribution in [0.1, 0.15) is 12.8 Å². The van der Waals surface area contributed by atoms with Crippen molar-refractivity contribution in [2.24, 2.45) is 0 Å². The summed E-state index contributed by atoms with van der Waals surface area (Å²) < 4.78 is 7.98. The molecular weight excluding hydrogens is 266 g/mol. The molecule has 1 aliphatic rings. The smallest absolute Gasteiger partial charge is 0.231 e. The van der Waals surface area contributed by atoms with Crippen LogP contribution in [0.3, 0.4) is 0 Å². The third-order valence-electron chi connectivity index (χ3n) is 3.91. The predicted molar refractivity (Wildman–Crippen MR) is 82.7 cm³/mol. The molecule has 0 radical (unpaired) electrons. The molecule has 1 saturated heterocycles. The molecule has 114 valence electrons. The topological polar surface area (TPSA) is 45.9 Å². The fraction of sp³-hybridized carbons (Fsp3) is 0.600. The summed E-state index contributed by atoms with van der Waals surface area (Å²) in [6.45, 7) is 3.74. The van der Waals surface area contributed by atoms with Gasteiger partial charge in [0.15, 0.2) is 5.65 Å². The van der Waals surface area contributed by atoms with E-state index in [-0.39, 0.29) is 0 Å². The van der Waals surface area contributed by atoms with Crippen LogP contribution in [0.2, 0.25) is 0 Å². The first kappa shape index (κ1) is 14.3. The van der Waals surface area contributed by atoms with Crippen molar-refractivity contribution in [1.82, 2.24) is 19.5 Å². The Balaban J connectivity index is 1.56. The summed E-state index contributed by atoms with van der Waals surface area (Å²) in [6, 6.07) is 5.98. The van der Waals surface area contributed by atoms with E-state index in [1.54, 1.807) is 0 Å². The third-order valence-corrected chi connectivity index (χ3v) is 3.91. The molecule has 3 rings (SSSR count). The zero-order chi connectivity index (χ0) is 14.7. The molecule has 0 N–H and O–H groups in total. The molecule has 0 aromatic carbocycles. The Kier molecular flexibility index (Phi) is 4.36. The van der Waals surface area contributed by atoms with Gasteiger partial charge in [-0.25, -0.2) is 0 Å². The molecule has 0 aliphatic carbocycles. The number of rotatable bonds is 5. The molecule has 1 fully saturated rings. The molecule has 0 amide bonds. The maximum absolute atomic E-state index is 5.94. The minimum Gasteiger partial charge on any atom is -0.377 e. The lowest BCUT2D eigenvalue weighted by Gasteiger charge is -2.32. The number of likely N-dealkylation sites (N-methyl/N-ethyl adjacent to an activating group) is 1. The number of nitrogens with zero attached hydrogens (tertiary/aromatic N) is 5. The highest BCUT2D eigenvalue weighted by molar-refractivity contribution is 5.46. The summed E-state index contributed by atoms with van der Waals surface area (Å²) in [4.78, 5) is 4.45. The lowest BCUT2D eigenvalue weighted by Crippen LogP contribution is -2.38. The van der Waals surface area contributed by atoms with Gasteiger partial charge in [-0.05, 0) is 39.1 Å². The molecule has 2 aromatic rings. The van der Waals surface area contributed by atoms with Gasteiger partial charge in [-0.3, -0.25) is 4.40 Å². The second-order valence-corrected chi connectivity index (χ2v) is 5.79. The van der Waals surface area contributed by atoms with Gasteiger partial charge in [0.1, 0.15) is 0 Å². The molecule has 0 spiro atoms. The molecule has 0 saturated carbocycles. The van der Waals surface area contributed by atoms with E-state index < -0.39 is 0 Å². The number of hydrogen-bond donors (Lipinski definition) is 0. The standard InChI is InChI=1S/C15H23N5O/c1-18(2)11-12-21-13-6-9-19(10-7-13)15-17-16-14-5-3-4-8-20(14)15/h3-5,8,13H,6-7,9-12H2,1-2H3. The summed E-state index contributed by atoms with van der Waals surface area (Å²) in [5.41, 5.74) is 0.900. The molecule has 6 heteroatoms. The molecular formula is C15H23N5O. The molecule has 6 nitrogen and oxygen atoms in total. The van der Waals surface area contributed by atoms with Crippen molar-refractivity contribution in [3.8, 4) is 0 Å². The predicted octanol–water partition coefficient (Wildman–Crippen LogP) is 1.28. The summed E-state index contributed by atoms with van der Waals surface area (Å²) in [5, 5.41) is 8.54. The van der Waals surface area contributed by atoms with Crippen LogP contribution in [0.4, 0.5) is 5.95 Å². The second-order valence-electron chi connectivity index (χ2n) is 5.79. The van der Waals surface area contributed by atoms with Crippen molar-refractivity contribution in [3.05, 3.63) is 24.4 Å². The van der Waals surface area contributed by atoms with Gasteiger partial charge in [0.05, 0.1) is 12.7 Å². The largest absolute Gasteiger partial charge is 0.377 e. The van der Waals surface area contributed by atoms with E-state index in [0.29, 0.717) is 6.10 Å².